The van der Waals surface area contributed by atoms with Crippen molar-refractivity contribution in [2.75, 3.05) is 0 Å². The third kappa shape index (κ3) is 0.838. The molecule has 1 rings (SSSR count). The van der Waals surface area contributed by atoms with Gasteiger partial charge in [-0.05, 0) is 0 Å². The third-order valence-electron chi connectivity index (χ3n) is 0.558. The van der Waals surface area contributed by atoms with Crippen molar-refractivity contribution in [1.29, 1.82) is 0 Å². The van der Waals surface area contributed by atoms with Gasteiger partial charge in [0.05, 0.1) is 0 Å². The van der Waals surface area contributed by atoms with Crippen LogP contribution in [0.4, 0.5) is 0 Å². The number of hydrogen-bond donors (Lipinski definition) is 0. The molecule has 0 nitrogen and oxygen atoms in total. The van der Waals surface area contributed by atoms with Crippen LogP contribution in [0.3, 0.4) is 0 Å². The molecule has 0 fully saturated rings. The minimum absolute atomic E-state index is 0.483. The molecule has 0 bridgehead atoms. The van der Waals surface area contributed by atoms with Crippen molar-refractivity contribution in [3.63, 3.8) is 0 Å². The van der Waals surface area contributed by atoms with Gasteiger partial charge in [0, 0.05) is 0 Å². The summed E-state index contributed by atoms with van der Waals surface area (Å²) in [6.45, 7) is 0. The first-order valence-corrected chi connectivity index (χ1v) is 6.01. The van der Waals surface area contributed by atoms with Gasteiger partial charge in [-0.2, -0.15) is 0 Å². The van der Waals surface area contributed by atoms with Crippen LogP contribution in [-0.2, 0) is 0 Å². The van der Waals surface area contributed by atoms with Crippen LogP contribution >= 0.6 is 0 Å². The first kappa shape index (κ1) is 4.38. The Bertz CT molecular complexity index is 110. The summed E-state index contributed by atoms with van der Waals surface area (Å²) < 4.78 is 2.33. The van der Waals surface area contributed by atoms with Crippen LogP contribution in [0.2, 0.25) is 0 Å². The van der Waals surface area contributed by atoms with Gasteiger partial charge in [0.2, 0.25) is 0 Å². The standard InChI is InChI=1S/C4H5SeSi/c1-5-2-3-6-4-5/h2-4H,1H2. The Morgan fingerprint density at radius 2 is 2.50 bits per heavy atom. The molecule has 1 unspecified atom stereocenters. The van der Waals surface area contributed by atoms with Gasteiger partial charge in [0.1, 0.15) is 0 Å². The molecule has 31 valence electrons. The predicted molar refractivity (Wildman–Crippen MR) is 33.8 cm³/mol. The van der Waals surface area contributed by atoms with Crippen LogP contribution in [0, 0.1) is 0 Å². The van der Waals surface area contributed by atoms with E-state index in [9.17, 15) is 0 Å². The van der Waals surface area contributed by atoms with Gasteiger partial charge in [0.25, 0.3) is 0 Å². The molecular formula is C4H5SeSi. The van der Waals surface area contributed by atoms with E-state index in [1.807, 2.05) is 0 Å². The molecular weight excluding hydrogens is 155 g/mol. The Hall–Kier alpha value is 0.216. The zero-order valence-corrected chi connectivity index (χ0v) is 6.06. The first-order valence-electron chi connectivity index (χ1n) is 1.67. The molecule has 6 heavy (non-hydrogen) atoms. The maximum absolute atomic E-state index is 3.93. The molecule has 1 atom stereocenters. The molecule has 0 saturated carbocycles. The van der Waals surface area contributed by atoms with Crippen LogP contribution in [0.25, 0.3) is 0 Å². The molecule has 0 spiro atoms. The van der Waals surface area contributed by atoms with E-state index in [1.54, 1.807) is 0 Å². The maximum atomic E-state index is 3.93. The Morgan fingerprint density at radius 1 is 1.67 bits per heavy atom. The fourth-order valence-corrected chi connectivity index (χ4v) is 4.56. The van der Waals surface area contributed by atoms with Crippen LogP contribution in [0.1, 0.15) is 0 Å². The van der Waals surface area contributed by atoms with E-state index in [4.69, 9.17) is 0 Å². The molecule has 0 aromatic heterocycles. The molecule has 0 aliphatic carbocycles. The topological polar surface area (TPSA) is 0 Å². The molecule has 0 aromatic carbocycles. The van der Waals surface area contributed by atoms with E-state index < -0.39 is 13.5 Å². The van der Waals surface area contributed by atoms with Crippen molar-refractivity contribution < 1.29 is 0 Å². The molecule has 0 N–H and O–H groups in total. The summed E-state index contributed by atoms with van der Waals surface area (Å²) in [6.07, 6.45) is 0. The molecule has 0 aromatic rings. The van der Waals surface area contributed by atoms with E-state index in [0.717, 1.165) is 9.13 Å². The Labute approximate surface area is 43.7 Å². The van der Waals surface area contributed by atoms with Crippen LogP contribution in [0.15, 0.2) is 10.7 Å². The second-order valence-corrected chi connectivity index (χ2v) is 5.98. The Kier molecular flexibility index (Phi) is 1.30. The van der Waals surface area contributed by atoms with E-state index in [0.29, 0.717) is 0 Å². The van der Waals surface area contributed by atoms with Crippen molar-refractivity contribution in [1.82, 2.24) is 0 Å². The predicted octanol–water partition coefficient (Wildman–Crippen LogP) is -0.393. The molecule has 2 heteroatoms. The second kappa shape index (κ2) is 1.78. The van der Waals surface area contributed by atoms with Gasteiger partial charge in [-0.15, -0.1) is 0 Å². The summed E-state index contributed by atoms with van der Waals surface area (Å²) in [5, 5.41) is 0. The molecule has 1 radical (unpaired) electrons. The van der Waals surface area contributed by atoms with Crippen LogP contribution in [-0.4, -0.2) is 32.6 Å². The normalized spacial score (nSPS) is 29.0. The fourth-order valence-electron chi connectivity index (χ4n) is 0.293. The minimum atomic E-state index is -0.483. The summed E-state index contributed by atoms with van der Waals surface area (Å²) >= 11 is -0.483. The Morgan fingerprint density at radius 3 is 2.67 bits per heavy atom. The average molecular weight is 160 g/mol. The molecule has 1 aliphatic heterocycles. The van der Waals surface area contributed by atoms with Gasteiger partial charge in [-0.3, -0.25) is 0 Å². The van der Waals surface area contributed by atoms with E-state index >= 15 is 0 Å². The average Bonchev–Trinajstić information content (AvgIpc) is 1.86. The first-order chi connectivity index (χ1) is 2.89. The van der Waals surface area contributed by atoms with Crippen molar-refractivity contribution in [3.8, 4) is 0 Å². The van der Waals surface area contributed by atoms with Crippen molar-refractivity contribution in [2.45, 2.75) is 0 Å². The van der Waals surface area contributed by atoms with Crippen LogP contribution < -0.4 is 0 Å². The Balaban J connectivity index is 2.86. The second-order valence-electron chi connectivity index (χ2n) is 1.06. The van der Waals surface area contributed by atoms with Crippen molar-refractivity contribution in [3.05, 3.63) is 10.7 Å². The molecule has 1 aliphatic rings. The van der Waals surface area contributed by atoms with Gasteiger partial charge in [-0.25, -0.2) is 0 Å². The summed E-state index contributed by atoms with van der Waals surface area (Å²) in [6, 6.07) is 0. The van der Waals surface area contributed by atoms with E-state index in [1.165, 1.54) is 0 Å². The van der Waals surface area contributed by atoms with Crippen LogP contribution in [0.5, 0.6) is 0 Å². The molecule has 1 heterocycles. The monoisotopic (exact) mass is 161 g/mol. The summed E-state index contributed by atoms with van der Waals surface area (Å²) in [4.78, 5) is 2.25. The molecule has 0 amide bonds. The number of hydrogen-bond acceptors (Lipinski definition) is 0. The quantitative estimate of drug-likeness (QED) is 0.423. The summed E-state index contributed by atoms with van der Waals surface area (Å²) in [5.41, 5.74) is 6.15. The third-order valence-corrected chi connectivity index (χ3v) is 5.68. The summed E-state index contributed by atoms with van der Waals surface area (Å²) in [7, 11) is 0.976. The zero-order chi connectivity index (χ0) is 4.41. The van der Waals surface area contributed by atoms with E-state index in [2.05, 4.69) is 20.7 Å². The fraction of sp³-hybridized carbons (Fsp3) is 0. The SMILES string of the molecule is C=[Se]1C=C[Si]=C1. The van der Waals surface area contributed by atoms with Gasteiger partial charge >= 0.3 is 43.3 Å². The zero-order valence-electron chi connectivity index (χ0n) is 3.35. The summed E-state index contributed by atoms with van der Waals surface area (Å²) in [5.74, 6) is 0. The number of rotatable bonds is 0. The van der Waals surface area contributed by atoms with Crippen molar-refractivity contribution >= 4 is 32.6 Å². The molecule has 0 saturated heterocycles. The van der Waals surface area contributed by atoms with Gasteiger partial charge in [0.15, 0.2) is 0 Å². The van der Waals surface area contributed by atoms with Crippen molar-refractivity contribution in [2.24, 2.45) is 0 Å². The van der Waals surface area contributed by atoms with E-state index in [-0.39, 0.29) is 0 Å². The van der Waals surface area contributed by atoms with Gasteiger partial charge in [-0.1, -0.05) is 0 Å². The van der Waals surface area contributed by atoms with Gasteiger partial charge < -0.3 is 0 Å².